The highest BCUT2D eigenvalue weighted by Gasteiger charge is 2.27. The van der Waals surface area contributed by atoms with E-state index in [1.54, 1.807) is 11.3 Å². The summed E-state index contributed by atoms with van der Waals surface area (Å²) in [5.41, 5.74) is 0.925. The van der Waals surface area contributed by atoms with Crippen molar-refractivity contribution in [3.8, 4) is 0 Å². The van der Waals surface area contributed by atoms with Gasteiger partial charge in [-0.2, -0.15) is 0 Å². The Morgan fingerprint density at radius 2 is 1.74 bits per heavy atom. The third-order valence-corrected chi connectivity index (χ3v) is 6.37. The van der Waals surface area contributed by atoms with Crippen LogP contribution in [0.4, 0.5) is 0 Å². The van der Waals surface area contributed by atoms with E-state index in [9.17, 15) is 20.1 Å². The minimum absolute atomic E-state index is 0.0746. The number of nitrogens with one attached hydrogen (secondary N) is 1. The molecule has 0 aliphatic heterocycles. The zero-order chi connectivity index (χ0) is 22.6. The molecule has 1 aromatic carbocycles. The fourth-order valence-corrected chi connectivity index (χ4v) is 4.21. The van der Waals surface area contributed by atoms with E-state index in [4.69, 9.17) is 5.11 Å². The maximum Gasteiger partial charge on any atom is 0.223 e. The van der Waals surface area contributed by atoms with E-state index in [2.05, 4.69) is 5.32 Å². The lowest BCUT2D eigenvalue weighted by Crippen LogP contribution is -2.40. The zero-order valence-corrected chi connectivity index (χ0v) is 18.9. The highest BCUT2D eigenvalue weighted by atomic mass is 32.1. The largest absolute Gasteiger partial charge is 0.396 e. The molecule has 5 atom stereocenters. The summed E-state index contributed by atoms with van der Waals surface area (Å²) in [6, 6.07) is 13.3. The Hall–Kier alpha value is -1.77. The molecular weight excluding hydrogens is 414 g/mol. The van der Waals surface area contributed by atoms with E-state index in [1.165, 1.54) is 0 Å². The van der Waals surface area contributed by atoms with E-state index in [-0.39, 0.29) is 31.4 Å². The maximum atomic E-state index is 12.8. The van der Waals surface area contributed by atoms with E-state index < -0.39 is 24.2 Å². The molecule has 7 heteroatoms. The van der Waals surface area contributed by atoms with Gasteiger partial charge in [-0.05, 0) is 48.6 Å². The summed E-state index contributed by atoms with van der Waals surface area (Å²) < 4.78 is 0. The SMILES string of the molecule is CC(CO)CCC(O)CNC(=O)C(Cc1cccs1)CC(O)C(O)Cc1ccccc1. The topological polar surface area (TPSA) is 110 Å². The summed E-state index contributed by atoms with van der Waals surface area (Å²) in [5.74, 6) is -0.644. The number of carbonyl (C=O) groups is 1. The monoisotopic (exact) mass is 449 g/mol. The van der Waals surface area contributed by atoms with Crippen LogP contribution in [0.3, 0.4) is 0 Å². The minimum atomic E-state index is -1.04. The number of rotatable bonds is 14. The summed E-state index contributed by atoms with van der Waals surface area (Å²) in [4.78, 5) is 13.9. The van der Waals surface area contributed by atoms with Crippen molar-refractivity contribution in [3.63, 3.8) is 0 Å². The minimum Gasteiger partial charge on any atom is -0.396 e. The Bertz CT molecular complexity index is 740. The number of benzene rings is 1. The van der Waals surface area contributed by atoms with Crippen LogP contribution in [0.2, 0.25) is 0 Å². The maximum absolute atomic E-state index is 12.8. The summed E-state index contributed by atoms with van der Waals surface area (Å²) in [7, 11) is 0. The highest BCUT2D eigenvalue weighted by Crippen LogP contribution is 2.21. The van der Waals surface area contributed by atoms with Gasteiger partial charge in [-0.15, -0.1) is 11.3 Å². The van der Waals surface area contributed by atoms with Crippen LogP contribution in [0.1, 0.15) is 36.6 Å². The lowest BCUT2D eigenvalue weighted by molar-refractivity contribution is -0.127. The first-order chi connectivity index (χ1) is 14.9. The van der Waals surface area contributed by atoms with Crippen LogP contribution in [-0.4, -0.2) is 57.8 Å². The Balaban J connectivity index is 1.92. The molecule has 6 nitrogen and oxygen atoms in total. The Kier molecular flexibility index (Phi) is 11.2. The van der Waals surface area contributed by atoms with Crippen LogP contribution in [0.5, 0.6) is 0 Å². The van der Waals surface area contributed by atoms with Crippen LogP contribution in [0.25, 0.3) is 0 Å². The number of thiophene rings is 1. The fourth-order valence-electron chi connectivity index (χ4n) is 3.43. The third kappa shape index (κ3) is 9.49. The van der Waals surface area contributed by atoms with Gasteiger partial charge in [0.1, 0.15) is 0 Å². The molecule has 1 amide bonds. The smallest absolute Gasteiger partial charge is 0.223 e. The van der Waals surface area contributed by atoms with Gasteiger partial charge < -0.3 is 25.7 Å². The number of hydrogen-bond donors (Lipinski definition) is 5. The fraction of sp³-hybridized carbons (Fsp3) is 0.542. The van der Waals surface area contributed by atoms with E-state index in [0.29, 0.717) is 25.7 Å². The van der Waals surface area contributed by atoms with Crippen molar-refractivity contribution in [2.45, 2.75) is 57.3 Å². The molecule has 172 valence electrons. The first-order valence-corrected chi connectivity index (χ1v) is 11.8. The second-order valence-corrected chi connectivity index (χ2v) is 9.34. The Morgan fingerprint density at radius 3 is 2.39 bits per heavy atom. The number of aliphatic hydroxyl groups excluding tert-OH is 4. The van der Waals surface area contributed by atoms with Gasteiger partial charge in [0.15, 0.2) is 0 Å². The molecule has 0 saturated carbocycles. The van der Waals surface area contributed by atoms with Gasteiger partial charge in [-0.1, -0.05) is 43.3 Å². The number of amides is 1. The van der Waals surface area contributed by atoms with Crippen molar-refractivity contribution in [2.24, 2.45) is 11.8 Å². The van der Waals surface area contributed by atoms with Gasteiger partial charge in [0.2, 0.25) is 5.91 Å². The predicted molar refractivity (Wildman–Crippen MR) is 123 cm³/mol. The van der Waals surface area contributed by atoms with Crippen molar-refractivity contribution in [2.75, 3.05) is 13.2 Å². The van der Waals surface area contributed by atoms with Crippen LogP contribution < -0.4 is 5.32 Å². The van der Waals surface area contributed by atoms with Crippen LogP contribution in [-0.2, 0) is 17.6 Å². The van der Waals surface area contributed by atoms with Gasteiger partial charge in [-0.3, -0.25) is 4.79 Å². The molecular formula is C24H35NO5S. The van der Waals surface area contributed by atoms with Gasteiger partial charge >= 0.3 is 0 Å². The molecule has 0 saturated heterocycles. The summed E-state index contributed by atoms with van der Waals surface area (Å²) >= 11 is 1.55. The van der Waals surface area contributed by atoms with Crippen LogP contribution in [0.15, 0.2) is 47.8 Å². The molecule has 2 aromatic rings. The average Bonchev–Trinajstić information content (AvgIpc) is 3.29. The molecule has 0 aliphatic rings. The zero-order valence-electron chi connectivity index (χ0n) is 18.1. The third-order valence-electron chi connectivity index (χ3n) is 5.47. The molecule has 31 heavy (non-hydrogen) atoms. The van der Waals surface area contributed by atoms with Crippen molar-refractivity contribution in [1.82, 2.24) is 5.32 Å². The Morgan fingerprint density at radius 1 is 1.00 bits per heavy atom. The summed E-state index contributed by atoms with van der Waals surface area (Å²) in [5, 5.41) is 45.0. The molecule has 2 rings (SSSR count). The normalized spacial score (nSPS) is 16.3. The van der Waals surface area contributed by atoms with Crippen molar-refractivity contribution >= 4 is 17.2 Å². The number of carbonyl (C=O) groups excluding carboxylic acids is 1. The summed E-state index contributed by atoms with van der Waals surface area (Å²) in [6.07, 6.45) is -0.596. The van der Waals surface area contributed by atoms with E-state index in [1.807, 2.05) is 54.8 Å². The molecule has 0 aliphatic carbocycles. The predicted octanol–water partition coefficient (Wildman–Crippen LogP) is 2.15. The molecule has 1 aromatic heterocycles. The van der Waals surface area contributed by atoms with Crippen molar-refractivity contribution in [3.05, 3.63) is 58.3 Å². The molecule has 0 bridgehead atoms. The van der Waals surface area contributed by atoms with Crippen molar-refractivity contribution < 1.29 is 25.2 Å². The molecule has 5 N–H and O–H groups in total. The lowest BCUT2D eigenvalue weighted by atomic mass is 9.91. The molecule has 1 heterocycles. The second-order valence-electron chi connectivity index (χ2n) is 8.30. The highest BCUT2D eigenvalue weighted by molar-refractivity contribution is 7.09. The summed E-state index contributed by atoms with van der Waals surface area (Å²) in [6.45, 7) is 2.11. The molecule has 0 radical (unpaired) electrons. The first kappa shape index (κ1) is 25.5. The van der Waals surface area contributed by atoms with Gasteiger partial charge in [0.05, 0.1) is 18.3 Å². The van der Waals surface area contributed by atoms with Crippen molar-refractivity contribution in [1.29, 1.82) is 0 Å². The van der Waals surface area contributed by atoms with Crippen LogP contribution >= 0.6 is 11.3 Å². The average molecular weight is 450 g/mol. The number of hydrogen-bond acceptors (Lipinski definition) is 6. The van der Waals surface area contributed by atoms with Gasteiger partial charge in [0, 0.05) is 30.4 Å². The van der Waals surface area contributed by atoms with Gasteiger partial charge in [0.25, 0.3) is 0 Å². The quantitative estimate of drug-likeness (QED) is 0.304. The van der Waals surface area contributed by atoms with Gasteiger partial charge in [-0.25, -0.2) is 0 Å². The molecule has 0 spiro atoms. The van der Waals surface area contributed by atoms with E-state index in [0.717, 1.165) is 10.4 Å². The second kappa shape index (κ2) is 13.6. The molecule has 0 fully saturated rings. The Labute approximate surface area is 188 Å². The van der Waals surface area contributed by atoms with Crippen LogP contribution in [0, 0.1) is 11.8 Å². The standard InChI is InChI=1S/C24H35NO5S/c1-17(16-26)9-10-20(27)15-25-24(30)19(13-21-8-5-11-31-21)14-23(29)22(28)12-18-6-3-2-4-7-18/h2-8,11,17,19-20,22-23,26-29H,9-10,12-16H2,1H3,(H,25,30). The lowest BCUT2D eigenvalue weighted by Gasteiger charge is -2.24. The number of aliphatic hydroxyl groups is 4. The first-order valence-electron chi connectivity index (χ1n) is 10.9. The van der Waals surface area contributed by atoms with E-state index >= 15 is 0 Å². The molecule has 5 unspecified atom stereocenters.